The van der Waals surface area contributed by atoms with Crippen LogP contribution in [0.5, 0.6) is 0 Å². The van der Waals surface area contributed by atoms with Crippen LogP contribution in [0.15, 0.2) is 18.3 Å². The highest BCUT2D eigenvalue weighted by atomic mass is 19.4. The van der Waals surface area contributed by atoms with Gasteiger partial charge in [0.15, 0.2) is 0 Å². The van der Waals surface area contributed by atoms with Gasteiger partial charge in [0, 0.05) is 32.1 Å². The van der Waals surface area contributed by atoms with E-state index in [0.717, 1.165) is 6.07 Å². The topological polar surface area (TPSA) is 45.7 Å². The van der Waals surface area contributed by atoms with Gasteiger partial charge >= 0.3 is 6.18 Å². The third kappa shape index (κ3) is 3.80. The van der Waals surface area contributed by atoms with E-state index in [1.165, 1.54) is 12.3 Å². The standard InChI is InChI=1S/C16H20F3N3O2/c17-16(18,19)14-2-1-13(11-20-14)21-5-3-12(4-6-21)15(23)22-7-9-24-10-8-22/h1-2,11-12H,3-10H2. The molecule has 0 radical (unpaired) electrons. The van der Waals surface area contributed by atoms with E-state index in [1.54, 1.807) is 0 Å². The van der Waals surface area contributed by atoms with E-state index in [4.69, 9.17) is 4.74 Å². The van der Waals surface area contributed by atoms with Crippen molar-refractivity contribution in [2.75, 3.05) is 44.3 Å². The predicted octanol–water partition coefficient (Wildman–Crippen LogP) is 2.18. The van der Waals surface area contributed by atoms with Crippen LogP contribution in [0.2, 0.25) is 0 Å². The smallest absolute Gasteiger partial charge is 0.378 e. The Morgan fingerprint density at radius 1 is 1.12 bits per heavy atom. The number of carbonyl (C=O) groups is 1. The number of amides is 1. The van der Waals surface area contributed by atoms with Gasteiger partial charge in [0.25, 0.3) is 0 Å². The molecule has 0 unspecified atom stereocenters. The van der Waals surface area contributed by atoms with Crippen LogP contribution in [0.25, 0.3) is 0 Å². The molecular weight excluding hydrogens is 323 g/mol. The van der Waals surface area contributed by atoms with Gasteiger partial charge in [-0.05, 0) is 25.0 Å². The maximum atomic E-state index is 12.6. The lowest BCUT2D eigenvalue weighted by Crippen LogP contribution is -2.46. The van der Waals surface area contributed by atoms with Crippen LogP contribution in [0.4, 0.5) is 18.9 Å². The van der Waals surface area contributed by atoms with Crippen LogP contribution in [-0.4, -0.2) is 55.2 Å². The van der Waals surface area contributed by atoms with Gasteiger partial charge in [-0.3, -0.25) is 4.79 Å². The largest absolute Gasteiger partial charge is 0.433 e. The summed E-state index contributed by atoms with van der Waals surface area (Å²) in [6, 6.07) is 2.44. The van der Waals surface area contributed by atoms with Crippen LogP contribution < -0.4 is 4.90 Å². The van der Waals surface area contributed by atoms with Crippen LogP contribution in [0.3, 0.4) is 0 Å². The molecule has 24 heavy (non-hydrogen) atoms. The second-order valence-electron chi connectivity index (χ2n) is 6.10. The first-order valence-electron chi connectivity index (χ1n) is 8.10. The number of pyridine rings is 1. The Labute approximate surface area is 138 Å². The van der Waals surface area contributed by atoms with Gasteiger partial charge in [0.2, 0.25) is 5.91 Å². The summed E-state index contributed by atoms with van der Waals surface area (Å²) in [4.78, 5) is 19.8. The number of morpholine rings is 1. The molecule has 0 bridgehead atoms. The molecule has 0 saturated carbocycles. The molecule has 0 aromatic carbocycles. The van der Waals surface area contributed by atoms with E-state index in [9.17, 15) is 18.0 Å². The molecule has 3 rings (SSSR count). The third-order valence-corrected chi connectivity index (χ3v) is 4.57. The molecule has 1 aromatic heterocycles. The summed E-state index contributed by atoms with van der Waals surface area (Å²) in [5.41, 5.74) is -0.219. The van der Waals surface area contributed by atoms with Crippen molar-refractivity contribution in [3.63, 3.8) is 0 Å². The molecule has 1 aromatic rings. The number of rotatable bonds is 2. The number of hydrogen-bond acceptors (Lipinski definition) is 4. The molecular formula is C16H20F3N3O2. The highest BCUT2D eigenvalue weighted by Crippen LogP contribution is 2.30. The number of hydrogen-bond donors (Lipinski definition) is 0. The zero-order valence-corrected chi connectivity index (χ0v) is 13.3. The van der Waals surface area contributed by atoms with Crippen molar-refractivity contribution >= 4 is 11.6 Å². The van der Waals surface area contributed by atoms with E-state index in [2.05, 4.69) is 4.98 Å². The number of anilines is 1. The van der Waals surface area contributed by atoms with E-state index in [0.29, 0.717) is 57.9 Å². The molecule has 1 amide bonds. The van der Waals surface area contributed by atoms with Gasteiger partial charge in [0.05, 0.1) is 25.1 Å². The summed E-state index contributed by atoms with van der Waals surface area (Å²) in [7, 11) is 0. The van der Waals surface area contributed by atoms with Crippen molar-refractivity contribution in [2.24, 2.45) is 5.92 Å². The molecule has 2 aliphatic heterocycles. The van der Waals surface area contributed by atoms with E-state index in [1.807, 2.05) is 9.80 Å². The summed E-state index contributed by atoms with van der Waals surface area (Å²) in [6.07, 6.45) is -1.75. The van der Waals surface area contributed by atoms with Gasteiger partial charge in [-0.15, -0.1) is 0 Å². The highest BCUT2D eigenvalue weighted by Gasteiger charge is 2.33. The minimum Gasteiger partial charge on any atom is -0.378 e. The lowest BCUT2D eigenvalue weighted by atomic mass is 9.95. The van der Waals surface area contributed by atoms with Crippen molar-refractivity contribution in [1.82, 2.24) is 9.88 Å². The van der Waals surface area contributed by atoms with Crippen molar-refractivity contribution in [3.05, 3.63) is 24.0 Å². The molecule has 0 atom stereocenters. The van der Waals surface area contributed by atoms with Crippen molar-refractivity contribution in [2.45, 2.75) is 19.0 Å². The fourth-order valence-corrected chi connectivity index (χ4v) is 3.17. The predicted molar refractivity (Wildman–Crippen MR) is 81.6 cm³/mol. The van der Waals surface area contributed by atoms with Gasteiger partial charge < -0.3 is 14.5 Å². The minimum absolute atomic E-state index is 0.0123. The van der Waals surface area contributed by atoms with Crippen molar-refractivity contribution < 1.29 is 22.7 Å². The number of carbonyl (C=O) groups excluding carboxylic acids is 1. The first-order chi connectivity index (χ1) is 11.4. The van der Waals surface area contributed by atoms with E-state index < -0.39 is 11.9 Å². The van der Waals surface area contributed by atoms with Gasteiger partial charge in [-0.2, -0.15) is 13.2 Å². The normalized spacial score (nSPS) is 20.3. The number of alkyl halides is 3. The molecule has 2 fully saturated rings. The van der Waals surface area contributed by atoms with Crippen LogP contribution in [-0.2, 0) is 15.7 Å². The Morgan fingerprint density at radius 3 is 2.33 bits per heavy atom. The first kappa shape index (κ1) is 17.0. The van der Waals surface area contributed by atoms with E-state index >= 15 is 0 Å². The lowest BCUT2D eigenvalue weighted by molar-refractivity contribution is -0.141. The average Bonchev–Trinajstić information content (AvgIpc) is 2.61. The number of halogens is 3. The number of nitrogens with zero attached hydrogens (tertiary/aromatic N) is 3. The lowest BCUT2D eigenvalue weighted by Gasteiger charge is -2.36. The summed E-state index contributed by atoms with van der Waals surface area (Å²) in [5.74, 6) is 0.158. The monoisotopic (exact) mass is 343 g/mol. The second-order valence-corrected chi connectivity index (χ2v) is 6.10. The first-order valence-corrected chi connectivity index (χ1v) is 8.10. The maximum Gasteiger partial charge on any atom is 0.433 e. The van der Waals surface area contributed by atoms with Crippen molar-refractivity contribution in [1.29, 1.82) is 0 Å². The summed E-state index contributed by atoms with van der Waals surface area (Å²) in [5, 5.41) is 0. The van der Waals surface area contributed by atoms with E-state index in [-0.39, 0.29) is 11.8 Å². The van der Waals surface area contributed by atoms with Gasteiger partial charge in [-0.1, -0.05) is 0 Å². The SMILES string of the molecule is O=C(C1CCN(c2ccc(C(F)(F)F)nc2)CC1)N1CCOCC1. The Bertz CT molecular complexity index is 563. The third-order valence-electron chi connectivity index (χ3n) is 4.57. The Hall–Kier alpha value is -1.83. The highest BCUT2D eigenvalue weighted by molar-refractivity contribution is 5.79. The summed E-state index contributed by atoms with van der Waals surface area (Å²) in [6.45, 7) is 3.74. The number of aromatic nitrogens is 1. The summed E-state index contributed by atoms with van der Waals surface area (Å²) >= 11 is 0. The molecule has 2 saturated heterocycles. The maximum absolute atomic E-state index is 12.6. The second kappa shape index (κ2) is 6.96. The van der Waals surface area contributed by atoms with Crippen LogP contribution >= 0.6 is 0 Å². The molecule has 132 valence electrons. The number of piperidine rings is 1. The Balaban J connectivity index is 1.55. The number of ether oxygens (including phenoxy) is 1. The molecule has 5 nitrogen and oxygen atoms in total. The molecule has 0 spiro atoms. The molecule has 0 N–H and O–H groups in total. The van der Waals surface area contributed by atoms with Crippen LogP contribution in [0.1, 0.15) is 18.5 Å². The van der Waals surface area contributed by atoms with Crippen molar-refractivity contribution in [3.8, 4) is 0 Å². The molecule has 3 heterocycles. The quantitative estimate of drug-likeness (QED) is 0.826. The zero-order chi connectivity index (χ0) is 17.2. The fraction of sp³-hybridized carbons (Fsp3) is 0.625. The Morgan fingerprint density at radius 2 is 1.79 bits per heavy atom. The molecule has 2 aliphatic rings. The average molecular weight is 343 g/mol. The minimum atomic E-state index is -4.42. The summed E-state index contributed by atoms with van der Waals surface area (Å²) < 4.78 is 42.9. The Kier molecular flexibility index (Phi) is 4.93. The molecule has 0 aliphatic carbocycles. The van der Waals surface area contributed by atoms with Crippen LogP contribution in [0, 0.1) is 5.92 Å². The zero-order valence-electron chi connectivity index (χ0n) is 13.3. The fourth-order valence-electron chi connectivity index (χ4n) is 3.17. The van der Waals surface area contributed by atoms with Gasteiger partial charge in [-0.25, -0.2) is 4.98 Å². The van der Waals surface area contributed by atoms with Gasteiger partial charge in [0.1, 0.15) is 5.69 Å². The molecule has 8 heteroatoms.